The lowest BCUT2D eigenvalue weighted by Gasteiger charge is -2.37. The van der Waals surface area contributed by atoms with Crippen molar-refractivity contribution in [2.75, 3.05) is 31.9 Å². The first-order chi connectivity index (χ1) is 23.0. The van der Waals surface area contributed by atoms with Crippen LogP contribution in [0, 0.1) is 29.6 Å². The molecule has 0 saturated heterocycles. The summed E-state index contributed by atoms with van der Waals surface area (Å²) in [7, 11) is -3.60. The standard InChI is InChI=1S/C36H67N5O6S/c1-4-7-20-41(39-48(46,47)26-28-16-12-9-13-17-28)25-33(42)32(21-27-14-10-8-11-15-27)38-35(44)30-22-29(34(37)43)23-31(24-30)36(45)40(18-5-2)19-6-3/h27-33,39,42H,4-26H2,1-3H3,(H2,37,43)(H,38,44). The van der Waals surface area contributed by atoms with E-state index < -0.39 is 45.8 Å². The summed E-state index contributed by atoms with van der Waals surface area (Å²) in [6, 6.07) is -0.590. The molecule has 3 rings (SSSR count). The Morgan fingerprint density at radius 2 is 1.35 bits per heavy atom. The molecule has 0 heterocycles. The number of hydrogen-bond acceptors (Lipinski definition) is 7. The quantitative estimate of drug-likeness (QED) is 0.136. The highest BCUT2D eigenvalue weighted by Gasteiger charge is 2.41. The summed E-state index contributed by atoms with van der Waals surface area (Å²) < 4.78 is 26.5. The maximum absolute atomic E-state index is 14.0. The lowest BCUT2D eigenvalue weighted by Crippen LogP contribution is -2.55. The van der Waals surface area contributed by atoms with Gasteiger partial charge in [0.05, 0.1) is 17.9 Å². The molecule has 0 spiro atoms. The topological polar surface area (TPSA) is 162 Å². The van der Waals surface area contributed by atoms with Crippen molar-refractivity contribution in [2.24, 2.45) is 35.3 Å². The second-order valence-corrected chi connectivity index (χ2v) is 16.9. The molecular formula is C36H67N5O6S. The van der Waals surface area contributed by atoms with E-state index in [2.05, 4.69) is 10.1 Å². The van der Waals surface area contributed by atoms with E-state index in [0.29, 0.717) is 44.8 Å². The number of nitrogens with zero attached hydrogens (tertiary/aromatic N) is 2. The smallest absolute Gasteiger partial charge is 0.225 e. The van der Waals surface area contributed by atoms with Crippen molar-refractivity contribution in [2.45, 2.75) is 148 Å². The van der Waals surface area contributed by atoms with Crippen LogP contribution in [-0.2, 0) is 24.4 Å². The van der Waals surface area contributed by atoms with Crippen molar-refractivity contribution in [1.82, 2.24) is 20.1 Å². The minimum absolute atomic E-state index is 0.0201. The SMILES string of the molecule is CCCCN(CC(O)C(CC1CCCCC1)NC(=O)C1CC(C(N)=O)CC(C(=O)N(CCC)CCC)C1)NS(=O)(=O)CC1CCCCC1. The van der Waals surface area contributed by atoms with Gasteiger partial charge in [-0.15, -0.1) is 4.83 Å². The fraction of sp³-hybridized carbons (Fsp3) is 0.917. The first-order valence-corrected chi connectivity index (χ1v) is 20.9. The van der Waals surface area contributed by atoms with Gasteiger partial charge in [-0.3, -0.25) is 14.4 Å². The molecule has 3 fully saturated rings. The lowest BCUT2D eigenvalue weighted by atomic mass is 9.73. The molecule has 0 aromatic rings. The highest BCUT2D eigenvalue weighted by atomic mass is 32.2. The van der Waals surface area contributed by atoms with E-state index in [0.717, 1.165) is 83.5 Å². The number of aliphatic hydroxyl groups excluding tert-OH is 1. The minimum atomic E-state index is -3.60. The number of nitrogens with two attached hydrogens (primary N) is 1. The van der Waals surface area contributed by atoms with E-state index in [-0.39, 0.29) is 36.5 Å². The van der Waals surface area contributed by atoms with Crippen LogP contribution in [-0.4, -0.2) is 85.2 Å². The molecule has 12 heteroatoms. The Labute approximate surface area is 290 Å². The molecule has 5 atom stereocenters. The summed E-state index contributed by atoms with van der Waals surface area (Å²) in [5, 5.41) is 16.5. The number of sulfonamides is 1. The van der Waals surface area contributed by atoms with Crippen molar-refractivity contribution in [1.29, 1.82) is 0 Å². The van der Waals surface area contributed by atoms with Gasteiger partial charge in [0.2, 0.25) is 27.7 Å². The normalized spacial score (nSPS) is 24.2. The van der Waals surface area contributed by atoms with Gasteiger partial charge in [-0.1, -0.05) is 78.6 Å². The van der Waals surface area contributed by atoms with Crippen LogP contribution in [0.4, 0.5) is 0 Å². The van der Waals surface area contributed by atoms with Crippen molar-refractivity contribution in [3.63, 3.8) is 0 Å². The molecule has 11 nitrogen and oxygen atoms in total. The molecule has 3 amide bonds. The van der Waals surface area contributed by atoms with E-state index in [9.17, 15) is 27.9 Å². The molecule has 48 heavy (non-hydrogen) atoms. The number of carbonyl (C=O) groups excluding carboxylic acids is 3. The van der Waals surface area contributed by atoms with Gasteiger partial charge in [-0.05, 0) is 69.6 Å². The Morgan fingerprint density at radius 1 is 0.792 bits per heavy atom. The summed E-state index contributed by atoms with van der Waals surface area (Å²) in [5.74, 6) is -1.81. The van der Waals surface area contributed by atoms with Gasteiger partial charge in [-0.25, -0.2) is 13.4 Å². The number of hydrogen-bond donors (Lipinski definition) is 4. The zero-order valence-electron chi connectivity index (χ0n) is 30.2. The summed E-state index contributed by atoms with van der Waals surface area (Å²) in [5.41, 5.74) is 5.77. The number of carbonyl (C=O) groups is 3. The molecule has 5 N–H and O–H groups in total. The number of unbranched alkanes of at least 4 members (excludes halogenated alkanes) is 1. The van der Waals surface area contributed by atoms with Gasteiger partial charge in [0.15, 0.2) is 0 Å². The Balaban J connectivity index is 1.76. The number of amides is 3. The zero-order chi connectivity index (χ0) is 35.1. The van der Waals surface area contributed by atoms with Crippen LogP contribution >= 0.6 is 0 Å². The fourth-order valence-corrected chi connectivity index (χ4v) is 9.85. The molecule has 0 radical (unpaired) electrons. The average Bonchev–Trinajstić information content (AvgIpc) is 3.06. The third-order valence-corrected chi connectivity index (χ3v) is 12.3. The number of nitrogens with one attached hydrogen (secondary N) is 2. The second-order valence-electron chi connectivity index (χ2n) is 15.1. The highest BCUT2D eigenvalue weighted by Crippen LogP contribution is 2.36. The molecular weight excluding hydrogens is 630 g/mol. The molecule has 3 aliphatic carbocycles. The third kappa shape index (κ3) is 13.5. The lowest BCUT2D eigenvalue weighted by molar-refractivity contribution is -0.141. The van der Waals surface area contributed by atoms with Crippen LogP contribution in [0.5, 0.6) is 0 Å². The summed E-state index contributed by atoms with van der Waals surface area (Å²) in [6.07, 6.45) is 14.4. The van der Waals surface area contributed by atoms with Gasteiger partial charge in [0.1, 0.15) is 0 Å². The fourth-order valence-electron chi connectivity index (χ4n) is 8.27. The Hall–Kier alpha value is -1.76. The van der Waals surface area contributed by atoms with Crippen LogP contribution in [0.25, 0.3) is 0 Å². The van der Waals surface area contributed by atoms with E-state index >= 15 is 0 Å². The van der Waals surface area contributed by atoms with Gasteiger partial charge < -0.3 is 21.1 Å². The number of aliphatic hydroxyl groups is 1. The van der Waals surface area contributed by atoms with E-state index in [1.807, 2.05) is 25.7 Å². The molecule has 0 aliphatic heterocycles. The zero-order valence-corrected chi connectivity index (χ0v) is 31.0. The largest absolute Gasteiger partial charge is 0.390 e. The number of primary amides is 1. The molecule has 3 aliphatic rings. The predicted molar refractivity (Wildman–Crippen MR) is 190 cm³/mol. The van der Waals surface area contributed by atoms with Crippen molar-refractivity contribution in [3.8, 4) is 0 Å². The van der Waals surface area contributed by atoms with Crippen molar-refractivity contribution in [3.05, 3.63) is 0 Å². The Morgan fingerprint density at radius 3 is 1.92 bits per heavy atom. The molecule has 5 unspecified atom stereocenters. The molecule has 278 valence electrons. The number of hydrazine groups is 1. The molecule has 3 saturated carbocycles. The van der Waals surface area contributed by atoms with Crippen LogP contribution in [0.2, 0.25) is 0 Å². The second kappa shape index (κ2) is 20.8. The summed E-state index contributed by atoms with van der Waals surface area (Å²) >= 11 is 0. The van der Waals surface area contributed by atoms with Crippen molar-refractivity contribution < 1.29 is 27.9 Å². The van der Waals surface area contributed by atoms with Crippen LogP contribution < -0.4 is 15.9 Å². The van der Waals surface area contributed by atoms with E-state index in [1.165, 1.54) is 6.42 Å². The summed E-state index contributed by atoms with van der Waals surface area (Å²) in [6.45, 7) is 7.89. The predicted octanol–water partition coefficient (Wildman–Crippen LogP) is 4.49. The summed E-state index contributed by atoms with van der Waals surface area (Å²) in [4.78, 5) is 44.6. The van der Waals surface area contributed by atoms with Crippen molar-refractivity contribution >= 4 is 27.7 Å². The van der Waals surface area contributed by atoms with Gasteiger partial charge in [0, 0.05) is 43.9 Å². The Bertz CT molecular complexity index is 1090. The van der Waals surface area contributed by atoms with Crippen LogP contribution in [0.1, 0.15) is 136 Å². The molecule has 0 aromatic heterocycles. The minimum Gasteiger partial charge on any atom is -0.390 e. The number of rotatable bonds is 20. The maximum Gasteiger partial charge on any atom is 0.225 e. The monoisotopic (exact) mass is 697 g/mol. The van der Waals surface area contributed by atoms with Gasteiger partial charge in [-0.2, -0.15) is 0 Å². The molecule has 0 bridgehead atoms. The van der Waals surface area contributed by atoms with Crippen LogP contribution in [0.3, 0.4) is 0 Å². The molecule has 0 aromatic carbocycles. The highest BCUT2D eigenvalue weighted by molar-refractivity contribution is 7.89. The van der Waals surface area contributed by atoms with E-state index in [1.54, 1.807) is 5.01 Å². The average molecular weight is 698 g/mol. The van der Waals surface area contributed by atoms with Gasteiger partial charge in [0.25, 0.3) is 0 Å². The van der Waals surface area contributed by atoms with Gasteiger partial charge >= 0.3 is 0 Å². The first kappa shape index (κ1) is 40.7. The third-order valence-electron chi connectivity index (χ3n) is 10.9. The van der Waals surface area contributed by atoms with E-state index in [4.69, 9.17) is 5.73 Å². The Kier molecular flexibility index (Phi) is 17.6. The van der Waals surface area contributed by atoms with Crippen LogP contribution in [0.15, 0.2) is 0 Å². The first-order valence-electron chi connectivity index (χ1n) is 19.3. The maximum atomic E-state index is 14.0.